The summed E-state index contributed by atoms with van der Waals surface area (Å²) in [6.07, 6.45) is -0.606. The van der Waals surface area contributed by atoms with Crippen LogP contribution in [0.1, 0.15) is 44.2 Å². The Balaban J connectivity index is 1.57. The Kier molecular flexibility index (Phi) is 13.3. The number of aliphatic carboxylic acids is 1. The number of hydrogen-bond acceptors (Lipinski definition) is 6. The quantitative estimate of drug-likeness (QED) is 0.166. The van der Waals surface area contributed by atoms with Gasteiger partial charge in [0.15, 0.2) is 6.10 Å². The SMILES string of the molecule is CCOC(Cc1ccc(OCCN(CCCOc2cc(Cl)cc(Cl)c2)C(=O)Oc2ccc(C(C)C)cc2)cc1)C(=O)O. The van der Waals surface area contributed by atoms with Crippen LogP contribution in [0.5, 0.6) is 17.2 Å². The zero-order valence-corrected chi connectivity index (χ0v) is 25.6. The number of carboxylic acid groups (broad SMARTS) is 1. The van der Waals surface area contributed by atoms with E-state index in [0.717, 1.165) is 11.1 Å². The molecule has 0 aliphatic carbocycles. The lowest BCUT2D eigenvalue weighted by atomic mass is 10.0. The van der Waals surface area contributed by atoms with Crippen molar-refractivity contribution in [1.82, 2.24) is 4.90 Å². The molecule has 3 rings (SSSR count). The van der Waals surface area contributed by atoms with Gasteiger partial charge in [-0.15, -0.1) is 0 Å². The number of amides is 1. The molecular formula is C32H37Cl2NO7. The van der Waals surface area contributed by atoms with E-state index in [2.05, 4.69) is 13.8 Å². The number of nitrogens with zero attached hydrogens (tertiary/aromatic N) is 1. The Morgan fingerprint density at radius 1 is 0.833 bits per heavy atom. The second kappa shape index (κ2) is 16.9. The van der Waals surface area contributed by atoms with Gasteiger partial charge in [-0.2, -0.15) is 0 Å². The smallest absolute Gasteiger partial charge is 0.415 e. The summed E-state index contributed by atoms with van der Waals surface area (Å²) in [7, 11) is 0. The number of carbonyl (C=O) groups is 2. The molecule has 8 nitrogen and oxygen atoms in total. The molecule has 0 radical (unpaired) electrons. The third kappa shape index (κ3) is 11.1. The zero-order chi connectivity index (χ0) is 30.5. The van der Waals surface area contributed by atoms with Gasteiger partial charge in [0.25, 0.3) is 0 Å². The third-order valence-electron chi connectivity index (χ3n) is 6.30. The van der Waals surface area contributed by atoms with Gasteiger partial charge in [-0.3, -0.25) is 0 Å². The van der Waals surface area contributed by atoms with Gasteiger partial charge in [-0.05, 0) is 72.9 Å². The van der Waals surface area contributed by atoms with E-state index in [4.69, 9.17) is 42.1 Å². The minimum atomic E-state index is -0.998. The van der Waals surface area contributed by atoms with E-state index >= 15 is 0 Å². The number of halogens is 2. The highest BCUT2D eigenvalue weighted by atomic mass is 35.5. The average molecular weight is 619 g/mol. The summed E-state index contributed by atoms with van der Waals surface area (Å²) in [4.78, 5) is 26.0. The third-order valence-corrected chi connectivity index (χ3v) is 6.74. The highest BCUT2D eigenvalue weighted by Gasteiger charge is 2.19. The number of ether oxygens (including phenoxy) is 4. The van der Waals surface area contributed by atoms with Crippen LogP contribution in [-0.4, -0.2) is 61.1 Å². The fourth-order valence-corrected chi connectivity index (χ4v) is 4.57. The molecule has 1 amide bonds. The van der Waals surface area contributed by atoms with E-state index in [-0.39, 0.29) is 19.6 Å². The molecule has 0 heterocycles. The average Bonchev–Trinajstić information content (AvgIpc) is 2.94. The van der Waals surface area contributed by atoms with Crippen molar-refractivity contribution in [3.8, 4) is 17.2 Å². The van der Waals surface area contributed by atoms with Gasteiger partial charge in [0, 0.05) is 29.6 Å². The van der Waals surface area contributed by atoms with Crippen LogP contribution >= 0.6 is 23.2 Å². The minimum Gasteiger partial charge on any atom is -0.493 e. The molecule has 42 heavy (non-hydrogen) atoms. The lowest BCUT2D eigenvalue weighted by Gasteiger charge is -2.22. The van der Waals surface area contributed by atoms with E-state index in [1.54, 1.807) is 66.4 Å². The Morgan fingerprint density at radius 2 is 1.45 bits per heavy atom. The molecule has 1 unspecified atom stereocenters. The van der Waals surface area contributed by atoms with Gasteiger partial charge in [0.1, 0.15) is 23.9 Å². The maximum absolute atomic E-state index is 13.1. The summed E-state index contributed by atoms with van der Waals surface area (Å²) >= 11 is 12.1. The number of hydrogen-bond donors (Lipinski definition) is 1. The van der Waals surface area contributed by atoms with Crippen LogP contribution in [0.25, 0.3) is 0 Å². The molecule has 0 saturated carbocycles. The second-order valence-electron chi connectivity index (χ2n) is 9.86. The summed E-state index contributed by atoms with van der Waals surface area (Å²) in [5.41, 5.74) is 1.97. The Bertz CT molecular complexity index is 1260. The van der Waals surface area contributed by atoms with Crippen LogP contribution in [-0.2, 0) is 16.0 Å². The van der Waals surface area contributed by atoms with Gasteiger partial charge < -0.3 is 29.0 Å². The predicted octanol–water partition coefficient (Wildman–Crippen LogP) is 7.50. The van der Waals surface area contributed by atoms with E-state index in [0.29, 0.717) is 59.4 Å². The summed E-state index contributed by atoms with van der Waals surface area (Å²) in [6, 6.07) is 19.6. The lowest BCUT2D eigenvalue weighted by molar-refractivity contribution is -0.149. The van der Waals surface area contributed by atoms with Crippen LogP contribution in [0.4, 0.5) is 4.79 Å². The van der Waals surface area contributed by atoms with Gasteiger partial charge in [0.2, 0.25) is 0 Å². The maximum atomic E-state index is 13.1. The van der Waals surface area contributed by atoms with Crippen molar-refractivity contribution in [2.24, 2.45) is 0 Å². The number of carbonyl (C=O) groups excluding carboxylic acids is 1. The first-order valence-corrected chi connectivity index (χ1v) is 14.6. The monoisotopic (exact) mass is 617 g/mol. The molecule has 226 valence electrons. The maximum Gasteiger partial charge on any atom is 0.415 e. The largest absolute Gasteiger partial charge is 0.493 e. The topological polar surface area (TPSA) is 94.5 Å². The van der Waals surface area contributed by atoms with Crippen LogP contribution in [0.15, 0.2) is 66.7 Å². The highest BCUT2D eigenvalue weighted by molar-refractivity contribution is 6.34. The van der Waals surface area contributed by atoms with E-state index < -0.39 is 18.2 Å². The van der Waals surface area contributed by atoms with Crippen LogP contribution < -0.4 is 14.2 Å². The minimum absolute atomic E-state index is 0.224. The molecule has 3 aromatic rings. The van der Waals surface area contributed by atoms with E-state index in [1.165, 1.54) is 0 Å². The summed E-state index contributed by atoms with van der Waals surface area (Å²) in [5.74, 6) is 0.981. The summed E-state index contributed by atoms with van der Waals surface area (Å²) in [5, 5.41) is 10.3. The van der Waals surface area contributed by atoms with Crippen LogP contribution in [0.2, 0.25) is 10.0 Å². The van der Waals surface area contributed by atoms with Crippen molar-refractivity contribution >= 4 is 35.3 Å². The molecule has 0 saturated heterocycles. The van der Waals surface area contributed by atoms with Crippen LogP contribution in [0.3, 0.4) is 0 Å². The van der Waals surface area contributed by atoms with Crippen LogP contribution in [0, 0.1) is 0 Å². The van der Waals surface area contributed by atoms with Crippen molar-refractivity contribution in [3.05, 3.63) is 87.9 Å². The number of benzene rings is 3. The fourth-order valence-electron chi connectivity index (χ4n) is 4.07. The molecule has 0 fully saturated rings. The Hall–Kier alpha value is -3.46. The molecule has 0 aliphatic heterocycles. The lowest BCUT2D eigenvalue weighted by Crippen LogP contribution is -2.38. The second-order valence-corrected chi connectivity index (χ2v) is 10.7. The molecule has 0 bridgehead atoms. The molecule has 1 atom stereocenters. The van der Waals surface area contributed by atoms with Crippen molar-refractivity contribution in [2.75, 3.05) is 32.9 Å². The molecule has 10 heteroatoms. The fraction of sp³-hybridized carbons (Fsp3) is 0.375. The molecule has 0 spiro atoms. The zero-order valence-electron chi connectivity index (χ0n) is 24.1. The predicted molar refractivity (Wildman–Crippen MR) is 163 cm³/mol. The molecule has 3 aromatic carbocycles. The molecular weight excluding hydrogens is 581 g/mol. The molecule has 0 aliphatic rings. The molecule has 1 N–H and O–H groups in total. The first kappa shape index (κ1) is 33.0. The van der Waals surface area contributed by atoms with E-state index in [1.807, 2.05) is 12.1 Å². The van der Waals surface area contributed by atoms with Crippen molar-refractivity contribution in [3.63, 3.8) is 0 Å². The van der Waals surface area contributed by atoms with Gasteiger partial charge in [-0.1, -0.05) is 61.3 Å². The summed E-state index contributed by atoms with van der Waals surface area (Å²) in [6.45, 7) is 7.49. The van der Waals surface area contributed by atoms with Crippen molar-refractivity contribution < 1.29 is 33.6 Å². The summed E-state index contributed by atoms with van der Waals surface area (Å²) < 4.78 is 22.6. The highest BCUT2D eigenvalue weighted by Crippen LogP contribution is 2.24. The van der Waals surface area contributed by atoms with Gasteiger partial charge in [-0.25, -0.2) is 9.59 Å². The van der Waals surface area contributed by atoms with Gasteiger partial charge >= 0.3 is 12.1 Å². The van der Waals surface area contributed by atoms with Crippen molar-refractivity contribution in [2.45, 2.75) is 45.6 Å². The van der Waals surface area contributed by atoms with E-state index in [9.17, 15) is 14.7 Å². The standard InChI is InChI=1S/C32H37Cl2NO7/c1-4-39-30(31(36)37)18-23-6-10-27(11-7-23)41-17-15-35(14-5-16-40-29-20-25(33)19-26(34)21-29)32(38)42-28-12-8-24(9-13-28)22(2)3/h6-13,19-22,30H,4-5,14-18H2,1-3H3,(H,36,37). The Morgan fingerprint density at radius 3 is 2.05 bits per heavy atom. The van der Waals surface area contributed by atoms with Gasteiger partial charge in [0.05, 0.1) is 13.2 Å². The molecule has 0 aromatic heterocycles. The number of carboxylic acids is 1. The first-order valence-electron chi connectivity index (χ1n) is 13.9. The number of rotatable bonds is 16. The van der Waals surface area contributed by atoms with Crippen molar-refractivity contribution in [1.29, 1.82) is 0 Å². The first-order chi connectivity index (χ1) is 20.1. The normalized spacial score (nSPS) is 11.7. The Labute approximate surface area is 257 Å².